The first-order valence-corrected chi connectivity index (χ1v) is 19.4. The molecule has 54 heavy (non-hydrogen) atoms. The molecule has 25 heteroatoms. The molecule has 0 aliphatic carbocycles. The average molecular weight is 797 g/mol. The number of aliphatic hydroxyl groups is 1. The summed E-state index contributed by atoms with van der Waals surface area (Å²) < 4.78 is 98.7. The molecule has 2 fully saturated rings. The summed E-state index contributed by atoms with van der Waals surface area (Å²) in [5.74, 6) is 0. The lowest BCUT2D eigenvalue weighted by molar-refractivity contribution is -0.0377. The van der Waals surface area contributed by atoms with Crippen LogP contribution >= 0.6 is 15.2 Å². The number of fused-ring (bicyclic) bond motifs is 2. The zero-order valence-electron chi connectivity index (χ0n) is 27.9. The summed E-state index contributed by atoms with van der Waals surface area (Å²) in [6.45, 7) is 0.250. The number of halogens is 2. The summed E-state index contributed by atoms with van der Waals surface area (Å²) >= 11 is 0. The minimum absolute atomic E-state index is 0.0951. The van der Waals surface area contributed by atoms with Crippen LogP contribution in [-0.2, 0) is 36.7 Å². The molecule has 288 valence electrons. The van der Waals surface area contributed by atoms with Crippen LogP contribution in [0.2, 0.25) is 0 Å². The number of aromatic nitrogens is 8. The van der Waals surface area contributed by atoms with Gasteiger partial charge in [0.25, 0.3) is 11.1 Å². The van der Waals surface area contributed by atoms with E-state index in [-0.39, 0.29) is 35.2 Å². The van der Waals surface area contributed by atoms with E-state index < -0.39 is 108 Å². The van der Waals surface area contributed by atoms with E-state index in [0.29, 0.717) is 0 Å². The van der Waals surface area contributed by atoms with Gasteiger partial charge in [0.05, 0.1) is 83.3 Å². The van der Waals surface area contributed by atoms with Crippen LogP contribution in [-0.4, -0.2) is 113 Å². The molecule has 2 aliphatic heterocycles. The Labute approximate surface area is 302 Å². The number of ether oxygens (including phenoxy) is 2. The van der Waals surface area contributed by atoms with Gasteiger partial charge in [-0.3, -0.25) is 27.9 Å². The third-order valence-electron chi connectivity index (χ3n) is 8.54. The molecule has 21 nitrogen and oxygen atoms in total. The number of nitrogens with one attached hydrogen (secondary N) is 2. The quantitative estimate of drug-likeness (QED) is 0.0781. The molecule has 5 unspecified atom stereocenters. The van der Waals surface area contributed by atoms with Crippen LogP contribution in [0.5, 0.6) is 0 Å². The topological polar surface area (TPSA) is 284 Å². The lowest BCUT2D eigenvalue weighted by atomic mass is 10.2. The van der Waals surface area contributed by atoms with Crippen LogP contribution in [0.25, 0.3) is 22.3 Å². The SMILES string of the molecule is C=CCOP(=O)(OCCC#N)[C@@H]1[C@H](COP(=O)(OCCC#N)[C@@H]2C(CO)OC(n3cnc4c(=O)[nH]cnc43)[C@@H]2F)OC(n2cnc3c(=O)[nH]cnc32)[C@@H]1F. The van der Waals surface area contributed by atoms with Gasteiger partial charge in [-0.2, -0.15) is 10.5 Å². The van der Waals surface area contributed by atoms with E-state index in [0.717, 1.165) is 34.4 Å². The van der Waals surface area contributed by atoms with E-state index in [1.54, 1.807) is 6.07 Å². The molecule has 2 aliphatic rings. The molecule has 0 bridgehead atoms. The van der Waals surface area contributed by atoms with Crippen molar-refractivity contribution in [1.82, 2.24) is 39.0 Å². The zero-order chi connectivity index (χ0) is 38.6. The number of H-pyrrole nitrogens is 2. The summed E-state index contributed by atoms with van der Waals surface area (Å²) in [6, 6.07) is 3.61. The first-order chi connectivity index (χ1) is 26.0. The smallest absolute Gasteiger partial charge is 0.339 e. The predicted molar refractivity (Wildman–Crippen MR) is 178 cm³/mol. The monoisotopic (exact) mass is 796 g/mol. The Morgan fingerprint density at radius 1 is 0.833 bits per heavy atom. The number of alkyl halides is 2. The van der Waals surface area contributed by atoms with Crippen molar-refractivity contribution in [3.63, 3.8) is 0 Å². The molecule has 6 rings (SSSR count). The number of hydrogen-bond acceptors (Lipinski definition) is 17. The van der Waals surface area contributed by atoms with Gasteiger partial charge in [0.1, 0.15) is 23.5 Å². The molecule has 2 saturated heterocycles. The first kappa shape index (κ1) is 39.2. The van der Waals surface area contributed by atoms with Crippen LogP contribution < -0.4 is 11.1 Å². The average Bonchev–Trinajstić information content (AvgIpc) is 3.94. The number of aliphatic hydroxyl groups excluding tert-OH is 1. The van der Waals surface area contributed by atoms with Gasteiger partial charge in [-0.1, -0.05) is 6.08 Å². The van der Waals surface area contributed by atoms with Crippen LogP contribution in [0.1, 0.15) is 25.3 Å². The highest BCUT2D eigenvalue weighted by Crippen LogP contribution is 2.64. The second-order valence-electron chi connectivity index (χ2n) is 11.7. The molecule has 6 heterocycles. The fourth-order valence-corrected chi connectivity index (χ4v) is 10.5. The lowest BCUT2D eigenvalue weighted by Crippen LogP contribution is -2.36. The number of hydrogen-bond donors (Lipinski definition) is 3. The van der Waals surface area contributed by atoms with Gasteiger partial charge in [-0.25, -0.2) is 28.7 Å². The highest BCUT2D eigenvalue weighted by atomic mass is 31.2. The van der Waals surface area contributed by atoms with Crippen LogP contribution in [0.4, 0.5) is 8.78 Å². The minimum Gasteiger partial charge on any atom is -0.394 e. The second-order valence-corrected chi connectivity index (χ2v) is 16.1. The van der Waals surface area contributed by atoms with Crippen molar-refractivity contribution in [3.8, 4) is 12.1 Å². The van der Waals surface area contributed by atoms with E-state index >= 15 is 8.78 Å². The molecule has 10 atom stereocenters. The predicted octanol–water partition coefficient (Wildman–Crippen LogP) is 1.92. The third-order valence-corrected chi connectivity index (χ3v) is 13.3. The normalized spacial score (nSPS) is 27.7. The van der Waals surface area contributed by atoms with Crippen molar-refractivity contribution >= 4 is 37.5 Å². The molecule has 0 radical (unpaired) electrons. The van der Waals surface area contributed by atoms with Crippen molar-refractivity contribution in [2.45, 2.75) is 61.2 Å². The van der Waals surface area contributed by atoms with Crippen molar-refractivity contribution in [3.05, 3.63) is 58.7 Å². The van der Waals surface area contributed by atoms with Gasteiger partial charge in [0, 0.05) is 0 Å². The fraction of sp³-hybridized carbons (Fsp3) is 0.517. The molecule has 4 aromatic rings. The first-order valence-electron chi connectivity index (χ1n) is 16.1. The van der Waals surface area contributed by atoms with Gasteiger partial charge in [-0.15, -0.1) is 6.58 Å². The zero-order valence-corrected chi connectivity index (χ0v) is 29.7. The van der Waals surface area contributed by atoms with Crippen molar-refractivity contribution < 1.29 is 50.6 Å². The third kappa shape index (κ3) is 7.30. The van der Waals surface area contributed by atoms with E-state index in [4.69, 9.17) is 38.1 Å². The Kier molecular flexibility index (Phi) is 11.9. The summed E-state index contributed by atoms with van der Waals surface area (Å²) in [4.78, 5) is 45.3. The molecular weight excluding hydrogens is 764 g/mol. The Hall–Kier alpha value is -4.54. The maximum Gasteiger partial charge on any atom is 0.339 e. The van der Waals surface area contributed by atoms with E-state index in [1.807, 2.05) is 6.07 Å². The van der Waals surface area contributed by atoms with Gasteiger partial charge >= 0.3 is 15.2 Å². The highest BCUT2D eigenvalue weighted by Gasteiger charge is 2.60. The maximum absolute atomic E-state index is 16.8. The van der Waals surface area contributed by atoms with Crippen molar-refractivity contribution in [1.29, 1.82) is 10.5 Å². The van der Waals surface area contributed by atoms with Gasteiger partial charge < -0.3 is 42.6 Å². The maximum atomic E-state index is 16.8. The minimum atomic E-state index is -4.90. The Bertz CT molecular complexity index is 2290. The summed E-state index contributed by atoms with van der Waals surface area (Å²) in [6.07, 6.45) is -6.40. The number of aromatic amines is 2. The van der Waals surface area contributed by atoms with Gasteiger partial charge in [0.15, 0.2) is 47.1 Å². The van der Waals surface area contributed by atoms with Crippen molar-refractivity contribution in [2.24, 2.45) is 0 Å². The Morgan fingerprint density at radius 2 is 1.31 bits per heavy atom. The molecule has 4 aromatic heterocycles. The van der Waals surface area contributed by atoms with Crippen LogP contribution in [0, 0.1) is 22.7 Å². The van der Waals surface area contributed by atoms with Gasteiger partial charge in [0.2, 0.25) is 0 Å². The number of rotatable bonds is 17. The molecule has 0 amide bonds. The molecule has 0 aromatic carbocycles. The lowest BCUT2D eigenvalue weighted by Gasteiger charge is -2.30. The van der Waals surface area contributed by atoms with E-state index in [9.17, 15) is 23.8 Å². The van der Waals surface area contributed by atoms with Crippen molar-refractivity contribution in [2.75, 3.05) is 33.0 Å². The van der Waals surface area contributed by atoms with Crippen LogP contribution in [0.3, 0.4) is 0 Å². The summed E-state index contributed by atoms with van der Waals surface area (Å²) in [7, 11) is -9.55. The largest absolute Gasteiger partial charge is 0.394 e. The van der Waals surface area contributed by atoms with Crippen LogP contribution in [0.15, 0.2) is 47.6 Å². The summed E-state index contributed by atoms with van der Waals surface area (Å²) in [5, 5.41) is 28.5. The molecule has 3 N–H and O–H groups in total. The number of nitrogens with zero attached hydrogens (tertiary/aromatic N) is 8. The fourth-order valence-electron chi connectivity index (χ4n) is 6.19. The molecule has 0 spiro atoms. The molecule has 0 saturated carbocycles. The Balaban J connectivity index is 1.36. The highest BCUT2D eigenvalue weighted by molar-refractivity contribution is 7.55. The number of imidazole rings is 2. The Morgan fingerprint density at radius 3 is 1.80 bits per heavy atom. The standard InChI is InChI=1S/C29H32F2N10O11P2/c1-2-7-47-53(45,48-8-3-5-32)23-17(52-29(19(23)31)41-15-39-21-25(41)35-13-37-27(21)44)11-50-54(46,49-9-4-6-33)22-16(10-42)51-28(18(22)30)40-14-38-20-24(40)34-12-36-26(20)43/h2,12-19,22-23,28-29,42H,1,3-4,7-11H2,(H,34,36,43)(H,35,37,44)/t16?,17-,18+,19+,22+,23+,28?,29?,53?,54?/m0/s1. The van der Waals surface area contributed by atoms with E-state index in [1.165, 1.54) is 6.08 Å². The molecular formula is C29H32F2N10O11P2. The second kappa shape index (κ2) is 16.4. The number of nitriles is 2. The van der Waals surface area contributed by atoms with Gasteiger partial charge in [-0.05, 0) is 0 Å². The van der Waals surface area contributed by atoms with E-state index in [2.05, 4.69) is 36.5 Å². The summed E-state index contributed by atoms with van der Waals surface area (Å²) in [5.41, 5.74) is -5.61.